The fraction of sp³-hybridized carbons (Fsp3) is 0.375. The van der Waals surface area contributed by atoms with Gasteiger partial charge in [-0.2, -0.15) is 5.10 Å². The highest BCUT2D eigenvalue weighted by Crippen LogP contribution is 2.36. The summed E-state index contributed by atoms with van der Waals surface area (Å²) in [6.07, 6.45) is 1.74. The fourth-order valence-corrected chi connectivity index (χ4v) is 2.83. The minimum Gasteiger partial charge on any atom is -0.493 e. The van der Waals surface area contributed by atoms with Gasteiger partial charge in [-0.15, -0.1) is 0 Å². The quantitative estimate of drug-likeness (QED) is 0.746. The van der Waals surface area contributed by atoms with Gasteiger partial charge in [0.05, 0.1) is 32.0 Å². The number of ether oxygens (including phenoxy) is 2. The summed E-state index contributed by atoms with van der Waals surface area (Å²) in [4.78, 5) is 12.7. The summed E-state index contributed by atoms with van der Waals surface area (Å²) in [7, 11) is 5.07. The summed E-state index contributed by atoms with van der Waals surface area (Å²) in [5, 5.41) is 6.03. The molecule has 0 spiro atoms. The number of hydrogen-bond donors (Lipinski definition) is 0. The Morgan fingerprint density at radius 1 is 1.09 bits per heavy atom. The van der Waals surface area contributed by atoms with Gasteiger partial charge in [0.15, 0.2) is 11.5 Å². The van der Waals surface area contributed by atoms with Crippen LogP contribution >= 0.6 is 0 Å². The van der Waals surface area contributed by atoms with Crippen LogP contribution in [0.5, 0.6) is 11.5 Å². The number of rotatable bonds is 3. The Labute approximate surface area is 127 Å². The first-order valence-corrected chi connectivity index (χ1v) is 7.11. The van der Waals surface area contributed by atoms with E-state index in [0.717, 1.165) is 16.3 Å². The van der Waals surface area contributed by atoms with Crippen molar-refractivity contribution in [3.05, 3.63) is 28.7 Å². The number of aromatic nitrogens is 3. The van der Waals surface area contributed by atoms with Crippen molar-refractivity contribution in [3.8, 4) is 11.5 Å². The maximum Gasteiger partial charge on any atom is 0.291 e. The van der Waals surface area contributed by atoms with Gasteiger partial charge in [-0.05, 0) is 19.9 Å². The molecule has 0 radical (unpaired) electrons. The van der Waals surface area contributed by atoms with Gasteiger partial charge in [-0.25, -0.2) is 4.68 Å². The van der Waals surface area contributed by atoms with Crippen molar-refractivity contribution in [1.82, 2.24) is 14.3 Å². The molecular weight excluding hydrogens is 282 g/mol. The predicted octanol–water partition coefficient (Wildman–Crippen LogP) is 2.49. The first kappa shape index (κ1) is 14.4. The van der Waals surface area contributed by atoms with Gasteiger partial charge >= 0.3 is 0 Å². The lowest BCUT2D eigenvalue weighted by atomic mass is 10.2. The van der Waals surface area contributed by atoms with Crippen LogP contribution < -0.4 is 15.0 Å². The van der Waals surface area contributed by atoms with Crippen LogP contribution in [0.3, 0.4) is 0 Å². The third kappa shape index (κ3) is 1.87. The van der Waals surface area contributed by atoms with Gasteiger partial charge in [-0.3, -0.25) is 4.79 Å². The van der Waals surface area contributed by atoms with Crippen LogP contribution in [0.15, 0.2) is 23.1 Å². The molecule has 0 saturated carbocycles. The fourth-order valence-electron chi connectivity index (χ4n) is 2.83. The lowest BCUT2D eigenvalue weighted by Crippen LogP contribution is -2.25. The normalized spacial score (nSPS) is 11.5. The maximum atomic E-state index is 12.7. The largest absolute Gasteiger partial charge is 0.493 e. The molecule has 2 heterocycles. The van der Waals surface area contributed by atoms with Crippen molar-refractivity contribution in [2.24, 2.45) is 7.05 Å². The van der Waals surface area contributed by atoms with Crippen LogP contribution in [0.25, 0.3) is 21.8 Å². The van der Waals surface area contributed by atoms with E-state index in [1.165, 1.54) is 4.68 Å². The van der Waals surface area contributed by atoms with Crippen LogP contribution in [0.2, 0.25) is 0 Å². The Kier molecular flexibility index (Phi) is 3.31. The third-order valence-electron chi connectivity index (χ3n) is 3.95. The Bertz CT molecular complexity index is 922. The average Bonchev–Trinajstić information content (AvgIpc) is 2.79. The standard InChI is InChI=1S/C16H19N3O3/c1-9(2)19-16(20)15-11(8-17-19)10-6-13(21-4)14(22-5)7-12(10)18(15)3/h6-9H,1-5H3. The average molecular weight is 301 g/mol. The summed E-state index contributed by atoms with van der Waals surface area (Å²) in [5.41, 5.74) is 1.45. The van der Waals surface area contributed by atoms with Crippen LogP contribution in [-0.4, -0.2) is 28.6 Å². The first-order valence-electron chi connectivity index (χ1n) is 7.11. The summed E-state index contributed by atoms with van der Waals surface area (Å²) in [6.45, 7) is 3.88. The number of hydrogen-bond acceptors (Lipinski definition) is 4. The summed E-state index contributed by atoms with van der Waals surface area (Å²) >= 11 is 0. The summed E-state index contributed by atoms with van der Waals surface area (Å²) in [6, 6.07) is 3.78. The van der Waals surface area contributed by atoms with E-state index >= 15 is 0 Å². The molecule has 0 fully saturated rings. The number of fused-ring (bicyclic) bond motifs is 3. The molecule has 116 valence electrons. The Hall–Kier alpha value is -2.50. The molecule has 0 atom stereocenters. The van der Waals surface area contributed by atoms with Crippen LogP contribution in [0.4, 0.5) is 0 Å². The second-order valence-corrected chi connectivity index (χ2v) is 5.53. The van der Waals surface area contributed by atoms with Gasteiger partial charge in [0, 0.05) is 23.9 Å². The zero-order valence-corrected chi connectivity index (χ0v) is 13.4. The number of benzene rings is 1. The van der Waals surface area contributed by atoms with Gasteiger partial charge in [0.2, 0.25) is 0 Å². The molecule has 6 nitrogen and oxygen atoms in total. The minimum absolute atomic E-state index is 0.0129. The number of methoxy groups -OCH3 is 2. The monoisotopic (exact) mass is 301 g/mol. The Morgan fingerprint density at radius 2 is 1.73 bits per heavy atom. The van der Waals surface area contributed by atoms with Gasteiger partial charge < -0.3 is 14.0 Å². The van der Waals surface area contributed by atoms with E-state index in [9.17, 15) is 4.79 Å². The van der Waals surface area contributed by atoms with E-state index in [1.54, 1.807) is 20.4 Å². The van der Waals surface area contributed by atoms with Gasteiger partial charge in [0.25, 0.3) is 5.56 Å². The molecule has 0 aliphatic heterocycles. The molecule has 2 aromatic heterocycles. The highest BCUT2D eigenvalue weighted by molar-refractivity contribution is 6.08. The summed E-state index contributed by atoms with van der Waals surface area (Å²) in [5.74, 6) is 1.27. The van der Waals surface area contributed by atoms with Crippen molar-refractivity contribution in [2.75, 3.05) is 14.2 Å². The molecule has 0 saturated heterocycles. The number of nitrogens with zero attached hydrogens (tertiary/aromatic N) is 3. The molecule has 3 rings (SSSR count). The van der Waals surface area contributed by atoms with E-state index in [2.05, 4.69) is 5.10 Å². The molecule has 22 heavy (non-hydrogen) atoms. The molecule has 1 aromatic carbocycles. The van der Waals surface area contributed by atoms with E-state index < -0.39 is 0 Å². The molecular formula is C16H19N3O3. The lowest BCUT2D eigenvalue weighted by molar-refractivity contribution is 0.356. The van der Waals surface area contributed by atoms with Crippen molar-refractivity contribution in [3.63, 3.8) is 0 Å². The Morgan fingerprint density at radius 3 is 2.32 bits per heavy atom. The van der Waals surface area contributed by atoms with E-state index in [1.807, 2.05) is 37.6 Å². The zero-order valence-electron chi connectivity index (χ0n) is 13.4. The highest BCUT2D eigenvalue weighted by Gasteiger charge is 2.17. The van der Waals surface area contributed by atoms with Crippen LogP contribution in [0, 0.1) is 0 Å². The van der Waals surface area contributed by atoms with Crippen molar-refractivity contribution in [2.45, 2.75) is 19.9 Å². The van der Waals surface area contributed by atoms with Crippen molar-refractivity contribution < 1.29 is 9.47 Å². The number of aryl methyl sites for hydroxylation is 1. The van der Waals surface area contributed by atoms with E-state index in [0.29, 0.717) is 17.0 Å². The molecule has 0 aliphatic rings. The Balaban J connectivity index is 2.48. The maximum absolute atomic E-state index is 12.7. The zero-order chi connectivity index (χ0) is 16.0. The van der Waals surface area contributed by atoms with Crippen LogP contribution in [-0.2, 0) is 7.05 Å². The molecule has 6 heteroatoms. The molecule has 0 N–H and O–H groups in total. The molecule has 0 bridgehead atoms. The van der Waals surface area contributed by atoms with Crippen LogP contribution in [0.1, 0.15) is 19.9 Å². The first-order chi connectivity index (χ1) is 10.5. The lowest BCUT2D eigenvalue weighted by Gasteiger charge is -2.08. The highest BCUT2D eigenvalue weighted by atomic mass is 16.5. The molecule has 3 aromatic rings. The molecule has 0 amide bonds. The second-order valence-electron chi connectivity index (χ2n) is 5.53. The predicted molar refractivity (Wildman–Crippen MR) is 86.0 cm³/mol. The minimum atomic E-state index is -0.0934. The molecule has 0 unspecified atom stereocenters. The summed E-state index contributed by atoms with van der Waals surface area (Å²) < 4.78 is 14.1. The third-order valence-corrected chi connectivity index (χ3v) is 3.95. The second kappa shape index (κ2) is 5.05. The van der Waals surface area contributed by atoms with E-state index in [-0.39, 0.29) is 11.6 Å². The van der Waals surface area contributed by atoms with Gasteiger partial charge in [0.1, 0.15) is 5.52 Å². The molecule has 0 aliphatic carbocycles. The van der Waals surface area contributed by atoms with Crippen molar-refractivity contribution in [1.29, 1.82) is 0 Å². The van der Waals surface area contributed by atoms with Crippen molar-refractivity contribution >= 4 is 21.8 Å². The van der Waals surface area contributed by atoms with E-state index in [4.69, 9.17) is 9.47 Å². The van der Waals surface area contributed by atoms with Gasteiger partial charge in [-0.1, -0.05) is 0 Å². The topological polar surface area (TPSA) is 58.3 Å². The smallest absolute Gasteiger partial charge is 0.291 e. The SMILES string of the molecule is COc1cc2c3cnn(C(C)C)c(=O)c3n(C)c2cc1OC.